The lowest BCUT2D eigenvalue weighted by Crippen LogP contribution is -2.26. The molecule has 0 spiro atoms. The summed E-state index contributed by atoms with van der Waals surface area (Å²) in [5, 5.41) is 5.71. The third-order valence-electron chi connectivity index (χ3n) is 2.55. The van der Waals surface area contributed by atoms with Gasteiger partial charge in [0, 0.05) is 16.6 Å². The number of amides is 1. The molecule has 104 valence electrons. The third-order valence-corrected chi connectivity index (χ3v) is 4.56. The lowest BCUT2D eigenvalue weighted by atomic mass is 10.2. The Labute approximate surface area is 126 Å². The number of rotatable bonds is 3. The molecule has 2 aromatic heterocycles. The maximum absolute atomic E-state index is 12.3. The van der Waals surface area contributed by atoms with E-state index in [1.807, 2.05) is 31.5 Å². The largest absolute Gasteiger partial charge is 0.342 e. The molecule has 1 amide bonds. The van der Waals surface area contributed by atoms with Crippen LogP contribution < -0.4 is 11.1 Å². The van der Waals surface area contributed by atoms with Gasteiger partial charge < -0.3 is 11.1 Å². The van der Waals surface area contributed by atoms with Gasteiger partial charge in [-0.2, -0.15) is 0 Å². The number of nitrogens with zero attached hydrogens (tertiary/aromatic N) is 1. The Morgan fingerprint density at radius 3 is 3.05 bits per heavy atom. The van der Waals surface area contributed by atoms with Crippen LogP contribution >= 0.6 is 22.7 Å². The van der Waals surface area contributed by atoms with Crippen LogP contribution in [0.15, 0.2) is 17.6 Å². The zero-order valence-electron chi connectivity index (χ0n) is 11.3. The van der Waals surface area contributed by atoms with E-state index in [0.29, 0.717) is 4.88 Å². The summed E-state index contributed by atoms with van der Waals surface area (Å²) in [6, 6.07) is 1.72. The Kier molecular flexibility index (Phi) is 4.90. The van der Waals surface area contributed by atoms with Crippen molar-refractivity contribution in [2.24, 2.45) is 5.73 Å². The van der Waals surface area contributed by atoms with Gasteiger partial charge in [0.15, 0.2) is 0 Å². The summed E-state index contributed by atoms with van der Waals surface area (Å²) in [4.78, 5) is 18.3. The van der Waals surface area contributed by atoms with E-state index < -0.39 is 0 Å². The van der Waals surface area contributed by atoms with Crippen molar-refractivity contribution >= 4 is 28.6 Å². The summed E-state index contributed by atoms with van der Waals surface area (Å²) < 4.78 is 0. The van der Waals surface area contributed by atoms with Crippen LogP contribution in [0.3, 0.4) is 0 Å². The first kappa shape index (κ1) is 14.7. The van der Waals surface area contributed by atoms with E-state index in [1.165, 1.54) is 11.3 Å². The average Bonchev–Trinajstić information content (AvgIpc) is 3.04. The number of carbonyl (C=O) groups is 1. The van der Waals surface area contributed by atoms with Gasteiger partial charge in [-0.15, -0.1) is 22.7 Å². The fourth-order valence-corrected chi connectivity index (χ4v) is 3.15. The maximum atomic E-state index is 12.3. The quantitative estimate of drug-likeness (QED) is 0.855. The summed E-state index contributed by atoms with van der Waals surface area (Å²) in [6.07, 6.45) is 1.81. The second-order valence-electron chi connectivity index (χ2n) is 4.17. The Morgan fingerprint density at radius 2 is 2.40 bits per heavy atom. The summed E-state index contributed by atoms with van der Waals surface area (Å²) in [6.45, 7) is 4.20. The second kappa shape index (κ2) is 6.66. The van der Waals surface area contributed by atoms with Gasteiger partial charge in [-0.05, 0) is 25.3 Å². The number of carbonyl (C=O) groups excluding carboxylic acids is 1. The average molecular weight is 305 g/mol. The fraction of sp³-hybridized carbons (Fsp3) is 0.286. The molecule has 0 fully saturated rings. The first-order chi connectivity index (χ1) is 9.61. The highest BCUT2D eigenvalue weighted by Crippen LogP contribution is 2.21. The van der Waals surface area contributed by atoms with Crippen LogP contribution in [-0.2, 0) is 0 Å². The molecule has 20 heavy (non-hydrogen) atoms. The van der Waals surface area contributed by atoms with Crippen molar-refractivity contribution in [3.05, 3.63) is 38.0 Å². The van der Waals surface area contributed by atoms with E-state index >= 15 is 0 Å². The van der Waals surface area contributed by atoms with Crippen LogP contribution in [0.5, 0.6) is 0 Å². The van der Waals surface area contributed by atoms with Crippen LogP contribution in [0.2, 0.25) is 0 Å². The topological polar surface area (TPSA) is 68.0 Å². The minimum atomic E-state index is -0.123. The van der Waals surface area contributed by atoms with Gasteiger partial charge in [-0.1, -0.05) is 11.8 Å². The van der Waals surface area contributed by atoms with Gasteiger partial charge in [0.2, 0.25) is 0 Å². The summed E-state index contributed by atoms with van der Waals surface area (Å²) >= 11 is 2.96. The van der Waals surface area contributed by atoms with Crippen LogP contribution in [-0.4, -0.2) is 17.4 Å². The van der Waals surface area contributed by atoms with Crippen molar-refractivity contribution in [1.29, 1.82) is 0 Å². The van der Waals surface area contributed by atoms with Crippen LogP contribution in [0, 0.1) is 18.8 Å². The normalized spacial score (nSPS) is 11.6. The number of nitrogens with one attached hydrogen (secondary N) is 1. The Bertz CT molecular complexity index is 663. The number of aromatic nitrogens is 1. The number of aryl methyl sites for hydroxylation is 1. The van der Waals surface area contributed by atoms with Gasteiger partial charge in [-0.3, -0.25) is 4.79 Å². The number of hydrogen-bond donors (Lipinski definition) is 2. The lowest BCUT2D eigenvalue weighted by Gasteiger charge is -2.10. The molecule has 0 saturated heterocycles. The van der Waals surface area contributed by atoms with E-state index in [9.17, 15) is 4.79 Å². The molecule has 0 aliphatic rings. The maximum Gasteiger partial charge on any atom is 0.263 e. The predicted octanol–water partition coefficient (Wildman–Crippen LogP) is 2.31. The molecule has 4 nitrogen and oxygen atoms in total. The Morgan fingerprint density at radius 1 is 1.60 bits per heavy atom. The van der Waals surface area contributed by atoms with Crippen molar-refractivity contribution in [2.75, 3.05) is 6.54 Å². The number of hydrogen-bond acceptors (Lipinski definition) is 5. The third kappa shape index (κ3) is 3.45. The molecule has 1 atom stereocenters. The van der Waals surface area contributed by atoms with E-state index in [2.05, 4.69) is 22.1 Å². The van der Waals surface area contributed by atoms with Gasteiger partial charge >= 0.3 is 0 Å². The molecular weight excluding hydrogens is 290 g/mol. The standard InChI is InChI=1S/C14H15N3OS2/c1-9-8-16-14(20-9)10(2)17-13(18)12-11(4-3-6-15)5-7-19-12/h5,7-8,10H,6,15H2,1-2H3,(H,17,18). The molecule has 0 saturated carbocycles. The summed E-state index contributed by atoms with van der Waals surface area (Å²) in [5.74, 6) is 5.56. The highest BCUT2D eigenvalue weighted by atomic mass is 32.1. The van der Waals surface area contributed by atoms with Crippen LogP contribution in [0.25, 0.3) is 0 Å². The van der Waals surface area contributed by atoms with Crippen LogP contribution in [0.4, 0.5) is 0 Å². The van der Waals surface area contributed by atoms with Gasteiger partial charge in [0.1, 0.15) is 9.88 Å². The molecule has 0 aliphatic heterocycles. The van der Waals surface area contributed by atoms with E-state index in [-0.39, 0.29) is 18.5 Å². The van der Waals surface area contributed by atoms with Crippen molar-refractivity contribution in [3.63, 3.8) is 0 Å². The SMILES string of the molecule is Cc1cnc(C(C)NC(=O)c2sccc2C#CCN)s1. The minimum Gasteiger partial charge on any atom is -0.342 e. The zero-order valence-corrected chi connectivity index (χ0v) is 12.9. The van der Waals surface area contributed by atoms with Gasteiger partial charge in [0.25, 0.3) is 5.91 Å². The smallest absolute Gasteiger partial charge is 0.263 e. The molecule has 2 heterocycles. The molecule has 0 aliphatic carbocycles. The molecule has 2 aromatic rings. The molecule has 2 rings (SSSR count). The summed E-state index contributed by atoms with van der Waals surface area (Å²) in [5.41, 5.74) is 6.08. The first-order valence-electron chi connectivity index (χ1n) is 6.11. The second-order valence-corrected chi connectivity index (χ2v) is 6.36. The molecule has 0 radical (unpaired) electrons. The molecule has 6 heteroatoms. The zero-order chi connectivity index (χ0) is 14.5. The number of nitrogens with two attached hydrogens (primary N) is 1. The van der Waals surface area contributed by atoms with Gasteiger partial charge in [0.05, 0.1) is 12.6 Å². The van der Waals surface area contributed by atoms with Crippen molar-refractivity contribution in [2.45, 2.75) is 19.9 Å². The van der Waals surface area contributed by atoms with E-state index in [4.69, 9.17) is 5.73 Å². The molecule has 0 bridgehead atoms. The van der Waals surface area contributed by atoms with E-state index in [1.54, 1.807) is 11.3 Å². The first-order valence-corrected chi connectivity index (χ1v) is 7.81. The summed E-state index contributed by atoms with van der Waals surface area (Å²) in [7, 11) is 0. The predicted molar refractivity (Wildman–Crippen MR) is 83.0 cm³/mol. The fourth-order valence-electron chi connectivity index (χ4n) is 1.63. The van der Waals surface area contributed by atoms with Crippen molar-refractivity contribution in [3.8, 4) is 11.8 Å². The minimum absolute atomic E-state index is 0.112. The molecule has 1 unspecified atom stereocenters. The van der Waals surface area contributed by atoms with Crippen molar-refractivity contribution < 1.29 is 4.79 Å². The lowest BCUT2D eigenvalue weighted by molar-refractivity contribution is 0.0943. The molecule has 3 N–H and O–H groups in total. The van der Waals surface area contributed by atoms with E-state index in [0.717, 1.165) is 15.4 Å². The molecule has 0 aromatic carbocycles. The monoisotopic (exact) mass is 305 g/mol. The highest BCUT2D eigenvalue weighted by Gasteiger charge is 2.17. The molecular formula is C14H15N3OS2. The Hall–Kier alpha value is -1.68. The highest BCUT2D eigenvalue weighted by molar-refractivity contribution is 7.12. The van der Waals surface area contributed by atoms with Crippen molar-refractivity contribution in [1.82, 2.24) is 10.3 Å². The van der Waals surface area contributed by atoms with Crippen LogP contribution in [0.1, 0.15) is 38.1 Å². The number of thiazole rings is 1. The number of thiophene rings is 1. The van der Waals surface area contributed by atoms with Gasteiger partial charge in [-0.25, -0.2) is 4.98 Å². The Balaban J connectivity index is 2.10.